The van der Waals surface area contributed by atoms with E-state index < -0.39 is 0 Å². The molecule has 3 N–H and O–H groups in total. The molecule has 0 spiro atoms. The molecule has 80 valence electrons. The van der Waals surface area contributed by atoms with Gasteiger partial charge in [-0.1, -0.05) is 34.6 Å². The van der Waals surface area contributed by atoms with Crippen LogP contribution in [-0.2, 0) is 0 Å². The van der Waals surface area contributed by atoms with Crippen molar-refractivity contribution in [3.8, 4) is 0 Å². The van der Waals surface area contributed by atoms with Crippen LogP contribution in [0.1, 0.15) is 47.5 Å². The summed E-state index contributed by atoms with van der Waals surface area (Å²) >= 11 is 0. The van der Waals surface area contributed by atoms with Gasteiger partial charge in [0, 0.05) is 12.0 Å². The van der Waals surface area contributed by atoms with Crippen LogP contribution in [-0.4, -0.2) is 17.8 Å². The van der Waals surface area contributed by atoms with Crippen LogP contribution in [0.5, 0.6) is 0 Å². The minimum atomic E-state index is -0.319. The molecule has 2 heteroatoms. The van der Waals surface area contributed by atoms with Crippen LogP contribution in [0.3, 0.4) is 0 Å². The van der Waals surface area contributed by atoms with E-state index >= 15 is 0 Å². The lowest BCUT2D eigenvalue weighted by molar-refractivity contribution is -0.0490. The van der Waals surface area contributed by atoms with Gasteiger partial charge in [-0.3, -0.25) is 0 Å². The van der Waals surface area contributed by atoms with Crippen molar-refractivity contribution in [1.29, 1.82) is 0 Å². The maximum absolute atomic E-state index is 10.2. The molecule has 0 aliphatic carbocycles. The molecule has 0 aliphatic rings. The van der Waals surface area contributed by atoms with Gasteiger partial charge in [-0.25, -0.2) is 0 Å². The molecule has 0 aromatic heterocycles. The molecular weight excluding hydrogens is 162 g/mol. The standard InChI is InChI=1S/C11H25NO/c1-6-10(3,4)9(13)11(5,7-2)8-12/h9,13H,6-8,12H2,1-5H3. The average molecular weight is 187 g/mol. The molecule has 0 fully saturated rings. The van der Waals surface area contributed by atoms with Crippen molar-refractivity contribution in [1.82, 2.24) is 0 Å². The first-order valence-electron chi connectivity index (χ1n) is 5.22. The van der Waals surface area contributed by atoms with Crippen LogP contribution in [0.2, 0.25) is 0 Å². The van der Waals surface area contributed by atoms with Crippen LogP contribution < -0.4 is 5.73 Å². The highest BCUT2D eigenvalue weighted by Crippen LogP contribution is 2.37. The molecule has 0 bridgehead atoms. The quantitative estimate of drug-likeness (QED) is 0.693. The summed E-state index contributed by atoms with van der Waals surface area (Å²) in [5, 5.41) is 10.2. The number of aliphatic hydroxyl groups is 1. The molecule has 0 aromatic rings. The van der Waals surface area contributed by atoms with E-state index in [4.69, 9.17) is 5.73 Å². The lowest BCUT2D eigenvalue weighted by Crippen LogP contribution is -2.46. The van der Waals surface area contributed by atoms with E-state index in [0.29, 0.717) is 6.54 Å². The molecule has 0 aromatic carbocycles. The van der Waals surface area contributed by atoms with E-state index in [1.807, 2.05) is 0 Å². The fourth-order valence-electron chi connectivity index (χ4n) is 1.59. The highest BCUT2D eigenvalue weighted by Gasteiger charge is 2.39. The number of hydrogen-bond donors (Lipinski definition) is 2. The van der Waals surface area contributed by atoms with Crippen molar-refractivity contribution in [3.05, 3.63) is 0 Å². The van der Waals surface area contributed by atoms with E-state index in [2.05, 4.69) is 34.6 Å². The van der Waals surface area contributed by atoms with E-state index in [1.165, 1.54) is 0 Å². The predicted molar refractivity (Wildman–Crippen MR) is 57.5 cm³/mol. The number of hydrogen-bond acceptors (Lipinski definition) is 2. The maximum atomic E-state index is 10.2. The third-order valence-electron chi connectivity index (χ3n) is 3.59. The topological polar surface area (TPSA) is 46.2 Å². The maximum Gasteiger partial charge on any atom is 0.0656 e. The summed E-state index contributed by atoms with van der Waals surface area (Å²) in [5.74, 6) is 0. The minimum absolute atomic E-state index is 0.0376. The van der Waals surface area contributed by atoms with Crippen LogP contribution in [0, 0.1) is 10.8 Å². The van der Waals surface area contributed by atoms with Crippen molar-refractivity contribution in [3.63, 3.8) is 0 Å². The van der Waals surface area contributed by atoms with Crippen molar-refractivity contribution in [2.24, 2.45) is 16.6 Å². The van der Waals surface area contributed by atoms with Crippen molar-refractivity contribution in [2.75, 3.05) is 6.54 Å². The zero-order valence-electron chi connectivity index (χ0n) is 9.72. The Morgan fingerprint density at radius 3 is 1.85 bits per heavy atom. The zero-order chi connectivity index (χ0) is 10.7. The Bertz CT molecular complexity index is 150. The zero-order valence-corrected chi connectivity index (χ0v) is 9.72. The van der Waals surface area contributed by atoms with Gasteiger partial charge in [0.25, 0.3) is 0 Å². The molecule has 2 unspecified atom stereocenters. The molecule has 0 saturated heterocycles. The summed E-state index contributed by atoms with van der Waals surface area (Å²) in [7, 11) is 0. The second-order valence-corrected chi connectivity index (χ2v) is 4.96. The first-order valence-corrected chi connectivity index (χ1v) is 5.22. The monoisotopic (exact) mass is 187 g/mol. The molecule has 0 radical (unpaired) electrons. The first kappa shape index (κ1) is 12.9. The Hall–Kier alpha value is -0.0800. The number of rotatable bonds is 5. The second-order valence-electron chi connectivity index (χ2n) is 4.96. The Kier molecular flexibility index (Phi) is 4.40. The van der Waals surface area contributed by atoms with Gasteiger partial charge in [0.15, 0.2) is 0 Å². The van der Waals surface area contributed by atoms with Gasteiger partial charge in [0.2, 0.25) is 0 Å². The van der Waals surface area contributed by atoms with Gasteiger partial charge in [-0.15, -0.1) is 0 Å². The van der Waals surface area contributed by atoms with Gasteiger partial charge in [-0.2, -0.15) is 0 Å². The van der Waals surface area contributed by atoms with Gasteiger partial charge in [-0.05, 0) is 18.3 Å². The third kappa shape index (κ3) is 2.68. The smallest absolute Gasteiger partial charge is 0.0656 e. The third-order valence-corrected chi connectivity index (χ3v) is 3.59. The predicted octanol–water partition coefficient (Wildman–Crippen LogP) is 2.16. The highest BCUT2D eigenvalue weighted by molar-refractivity contribution is 4.90. The minimum Gasteiger partial charge on any atom is -0.392 e. The Morgan fingerprint density at radius 2 is 1.62 bits per heavy atom. The normalized spacial score (nSPS) is 19.6. The Labute approximate surface area is 82.5 Å². The van der Waals surface area contributed by atoms with Gasteiger partial charge < -0.3 is 10.8 Å². The summed E-state index contributed by atoms with van der Waals surface area (Å²) < 4.78 is 0. The molecule has 0 aliphatic heterocycles. The second kappa shape index (κ2) is 4.43. The lowest BCUT2D eigenvalue weighted by atomic mass is 9.68. The molecule has 2 nitrogen and oxygen atoms in total. The van der Waals surface area contributed by atoms with Crippen LogP contribution in [0.15, 0.2) is 0 Å². The van der Waals surface area contributed by atoms with Crippen molar-refractivity contribution >= 4 is 0 Å². The summed E-state index contributed by atoms with van der Waals surface area (Å²) in [6.45, 7) is 11.0. The summed E-state index contributed by atoms with van der Waals surface area (Å²) in [6, 6.07) is 0. The van der Waals surface area contributed by atoms with Crippen molar-refractivity contribution < 1.29 is 5.11 Å². The summed E-state index contributed by atoms with van der Waals surface area (Å²) in [4.78, 5) is 0. The van der Waals surface area contributed by atoms with E-state index in [0.717, 1.165) is 12.8 Å². The van der Waals surface area contributed by atoms with Gasteiger partial charge in [0.1, 0.15) is 0 Å². The number of nitrogens with two attached hydrogens (primary N) is 1. The Balaban J connectivity index is 4.64. The van der Waals surface area contributed by atoms with Crippen LogP contribution in [0.25, 0.3) is 0 Å². The average Bonchev–Trinajstić information content (AvgIpc) is 2.15. The molecule has 13 heavy (non-hydrogen) atoms. The molecule has 0 rings (SSSR count). The van der Waals surface area contributed by atoms with Gasteiger partial charge >= 0.3 is 0 Å². The first-order chi connectivity index (χ1) is 5.84. The fourth-order valence-corrected chi connectivity index (χ4v) is 1.59. The summed E-state index contributed by atoms with van der Waals surface area (Å²) in [6.07, 6.45) is 1.58. The molecular formula is C11H25NO. The molecule has 0 heterocycles. The SMILES string of the molecule is CCC(C)(C)C(O)C(C)(CC)CN. The van der Waals surface area contributed by atoms with Crippen LogP contribution >= 0.6 is 0 Å². The van der Waals surface area contributed by atoms with E-state index in [-0.39, 0.29) is 16.9 Å². The highest BCUT2D eigenvalue weighted by atomic mass is 16.3. The molecule has 0 saturated carbocycles. The molecule has 0 amide bonds. The van der Waals surface area contributed by atoms with E-state index in [1.54, 1.807) is 0 Å². The molecule has 2 atom stereocenters. The lowest BCUT2D eigenvalue weighted by Gasteiger charge is -2.42. The van der Waals surface area contributed by atoms with Crippen LogP contribution in [0.4, 0.5) is 0 Å². The van der Waals surface area contributed by atoms with Crippen molar-refractivity contribution in [2.45, 2.75) is 53.6 Å². The van der Waals surface area contributed by atoms with Gasteiger partial charge in [0.05, 0.1) is 6.10 Å². The van der Waals surface area contributed by atoms with E-state index in [9.17, 15) is 5.11 Å². The fraction of sp³-hybridized carbons (Fsp3) is 1.00. The number of aliphatic hydroxyl groups excluding tert-OH is 1. The Morgan fingerprint density at radius 1 is 1.15 bits per heavy atom. The summed E-state index contributed by atoms with van der Waals surface area (Å²) in [5.41, 5.74) is 5.53. The largest absolute Gasteiger partial charge is 0.392 e.